The van der Waals surface area contributed by atoms with Crippen LogP contribution in [-0.4, -0.2) is 31.5 Å². The van der Waals surface area contributed by atoms with E-state index in [4.69, 9.17) is 0 Å². The molecule has 2 saturated carbocycles. The smallest absolute Gasteiger partial charge is 0.157 e. The maximum atomic E-state index is 12.7. The van der Waals surface area contributed by atoms with Gasteiger partial charge in [0.15, 0.2) is 9.84 Å². The van der Waals surface area contributed by atoms with Crippen LogP contribution < -0.4 is 5.32 Å². The Hall–Kier alpha value is -0.0900. The topological polar surface area (TPSA) is 46.2 Å². The van der Waals surface area contributed by atoms with Gasteiger partial charge in [0.2, 0.25) is 0 Å². The zero-order valence-corrected chi connectivity index (χ0v) is 12.3. The minimum Gasteiger partial charge on any atom is -0.313 e. The van der Waals surface area contributed by atoms with E-state index < -0.39 is 9.84 Å². The molecule has 106 valence electrons. The molecule has 1 N–H and O–H groups in total. The highest BCUT2D eigenvalue weighted by atomic mass is 32.2. The van der Waals surface area contributed by atoms with Crippen molar-refractivity contribution in [3.63, 3.8) is 0 Å². The molecule has 0 saturated heterocycles. The lowest BCUT2D eigenvalue weighted by Gasteiger charge is -2.28. The molecule has 3 nitrogen and oxygen atoms in total. The first-order valence-corrected chi connectivity index (χ1v) is 9.23. The Balaban J connectivity index is 2.03. The fourth-order valence-electron chi connectivity index (χ4n) is 3.52. The molecule has 0 spiro atoms. The quantitative estimate of drug-likeness (QED) is 0.837. The van der Waals surface area contributed by atoms with Gasteiger partial charge in [0, 0.05) is 6.04 Å². The second-order valence-corrected chi connectivity index (χ2v) is 8.33. The van der Waals surface area contributed by atoms with Crippen LogP contribution in [0, 0.1) is 0 Å². The molecule has 0 aromatic carbocycles. The van der Waals surface area contributed by atoms with Gasteiger partial charge in [-0.1, -0.05) is 32.6 Å². The molecule has 0 aromatic heterocycles. The lowest BCUT2D eigenvalue weighted by molar-refractivity contribution is 0.461. The van der Waals surface area contributed by atoms with Crippen LogP contribution in [0.15, 0.2) is 0 Å². The molecule has 2 unspecified atom stereocenters. The van der Waals surface area contributed by atoms with E-state index in [2.05, 4.69) is 12.2 Å². The minimum absolute atomic E-state index is 0.0414. The van der Waals surface area contributed by atoms with Crippen molar-refractivity contribution in [3.05, 3.63) is 0 Å². The van der Waals surface area contributed by atoms with Gasteiger partial charge in [-0.15, -0.1) is 0 Å². The van der Waals surface area contributed by atoms with Crippen LogP contribution in [0.1, 0.15) is 64.7 Å². The van der Waals surface area contributed by atoms with Gasteiger partial charge in [-0.25, -0.2) is 8.42 Å². The predicted molar refractivity (Wildman–Crippen MR) is 75.5 cm³/mol. The highest BCUT2D eigenvalue weighted by molar-refractivity contribution is 7.92. The SMILES string of the molecule is CCCNC1CCCC1S(=O)(=O)C1CCCCC1. The van der Waals surface area contributed by atoms with Crippen LogP contribution in [0.2, 0.25) is 0 Å². The summed E-state index contributed by atoms with van der Waals surface area (Å²) in [6.45, 7) is 3.08. The summed E-state index contributed by atoms with van der Waals surface area (Å²) in [5.41, 5.74) is 0. The Morgan fingerprint density at radius 2 is 1.72 bits per heavy atom. The van der Waals surface area contributed by atoms with E-state index in [1.807, 2.05) is 0 Å². The molecule has 2 aliphatic carbocycles. The van der Waals surface area contributed by atoms with Crippen molar-refractivity contribution in [2.75, 3.05) is 6.54 Å². The Kier molecular flexibility index (Phi) is 5.07. The molecule has 0 bridgehead atoms. The largest absolute Gasteiger partial charge is 0.313 e. The Bertz CT molecular complexity index is 347. The highest BCUT2D eigenvalue weighted by Crippen LogP contribution is 2.33. The van der Waals surface area contributed by atoms with E-state index in [1.54, 1.807) is 0 Å². The summed E-state index contributed by atoms with van der Waals surface area (Å²) >= 11 is 0. The Morgan fingerprint density at radius 3 is 2.39 bits per heavy atom. The van der Waals surface area contributed by atoms with E-state index >= 15 is 0 Å². The second kappa shape index (κ2) is 6.38. The third-order valence-corrected chi connectivity index (χ3v) is 7.36. The minimum atomic E-state index is -2.90. The molecule has 2 aliphatic rings. The third kappa shape index (κ3) is 3.08. The molecule has 2 atom stereocenters. The summed E-state index contributed by atoms with van der Waals surface area (Å²) in [4.78, 5) is 0. The zero-order chi connectivity index (χ0) is 13.0. The van der Waals surface area contributed by atoms with Crippen LogP contribution in [0.3, 0.4) is 0 Å². The number of hydrogen-bond acceptors (Lipinski definition) is 3. The normalized spacial score (nSPS) is 30.7. The van der Waals surface area contributed by atoms with Crippen LogP contribution in [0.4, 0.5) is 0 Å². The summed E-state index contributed by atoms with van der Waals surface area (Å²) < 4.78 is 25.4. The molecule has 18 heavy (non-hydrogen) atoms. The van der Waals surface area contributed by atoms with Crippen molar-refractivity contribution < 1.29 is 8.42 Å². The van der Waals surface area contributed by atoms with Crippen molar-refractivity contribution in [3.8, 4) is 0 Å². The highest BCUT2D eigenvalue weighted by Gasteiger charge is 2.41. The molecule has 0 aromatic rings. The standard InChI is InChI=1S/C14H27NO2S/c1-2-11-15-13-9-6-10-14(13)18(16,17)12-7-4-3-5-8-12/h12-15H,2-11H2,1H3. The van der Waals surface area contributed by atoms with Crippen LogP contribution in [0.5, 0.6) is 0 Å². The van der Waals surface area contributed by atoms with Crippen LogP contribution in [-0.2, 0) is 9.84 Å². The van der Waals surface area contributed by atoms with E-state index in [-0.39, 0.29) is 16.5 Å². The Morgan fingerprint density at radius 1 is 1.00 bits per heavy atom. The first-order chi connectivity index (χ1) is 8.66. The van der Waals surface area contributed by atoms with Gasteiger partial charge < -0.3 is 5.32 Å². The van der Waals surface area contributed by atoms with Gasteiger partial charge in [-0.2, -0.15) is 0 Å². The molecule has 4 heteroatoms. The molecule has 0 heterocycles. The molecule has 0 aliphatic heterocycles. The summed E-state index contributed by atoms with van der Waals surface area (Å²) in [6.07, 6.45) is 9.28. The van der Waals surface area contributed by atoms with Gasteiger partial charge in [0.1, 0.15) is 0 Å². The first kappa shape index (κ1) is 14.3. The Labute approximate surface area is 112 Å². The second-order valence-electron chi connectivity index (χ2n) is 5.88. The maximum absolute atomic E-state index is 12.7. The summed E-state index contributed by atoms with van der Waals surface area (Å²) in [6, 6.07) is 0.219. The molecule has 0 radical (unpaired) electrons. The molecule has 2 rings (SSSR count). The lowest BCUT2D eigenvalue weighted by Crippen LogP contribution is -2.44. The van der Waals surface area contributed by atoms with Crippen molar-refractivity contribution in [1.29, 1.82) is 0 Å². The van der Waals surface area contributed by atoms with Crippen molar-refractivity contribution >= 4 is 9.84 Å². The average molecular weight is 273 g/mol. The van der Waals surface area contributed by atoms with E-state index in [1.165, 1.54) is 6.42 Å². The number of hydrogen-bond donors (Lipinski definition) is 1. The third-order valence-electron chi connectivity index (χ3n) is 4.55. The first-order valence-electron chi connectivity index (χ1n) is 7.62. The number of nitrogens with one attached hydrogen (secondary N) is 1. The summed E-state index contributed by atoms with van der Waals surface area (Å²) in [5, 5.41) is 3.30. The van der Waals surface area contributed by atoms with Gasteiger partial charge in [0.05, 0.1) is 10.5 Å². The van der Waals surface area contributed by atoms with E-state index in [9.17, 15) is 8.42 Å². The number of rotatable bonds is 5. The molecular formula is C14H27NO2S. The molecule has 0 amide bonds. The molecule has 2 fully saturated rings. The average Bonchev–Trinajstić information content (AvgIpc) is 2.86. The van der Waals surface area contributed by atoms with E-state index in [0.29, 0.717) is 0 Å². The van der Waals surface area contributed by atoms with E-state index in [0.717, 1.165) is 57.9 Å². The fraction of sp³-hybridized carbons (Fsp3) is 1.00. The zero-order valence-electron chi connectivity index (χ0n) is 11.5. The maximum Gasteiger partial charge on any atom is 0.157 e. The summed E-state index contributed by atoms with van der Waals surface area (Å²) in [5.74, 6) is 0. The fourth-order valence-corrected chi connectivity index (χ4v) is 6.19. The van der Waals surface area contributed by atoms with Gasteiger partial charge in [-0.3, -0.25) is 0 Å². The van der Waals surface area contributed by atoms with Gasteiger partial charge in [-0.05, 0) is 38.6 Å². The molecular weight excluding hydrogens is 246 g/mol. The van der Waals surface area contributed by atoms with Crippen LogP contribution >= 0.6 is 0 Å². The van der Waals surface area contributed by atoms with Gasteiger partial charge >= 0.3 is 0 Å². The monoisotopic (exact) mass is 273 g/mol. The lowest BCUT2D eigenvalue weighted by atomic mass is 10.0. The van der Waals surface area contributed by atoms with Gasteiger partial charge in [0.25, 0.3) is 0 Å². The van der Waals surface area contributed by atoms with Crippen molar-refractivity contribution in [2.45, 2.75) is 81.3 Å². The van der Waals surface area contributed by atoms with Crippen molar-refractivity contribution in [2.24, 2.45) is 0 Å². The summed E-state index contributed by atoms with van der Waals surface area (Å²) in [7, 11) is -2.90. The predicted octanol–water partition coefficient (Wildman–Crippen LogP) is 2.65. The van der Waals surface area contributed by atoms with Crippen molar-refractivity contribution in [1.82, 2.24) is 5.32 Å². The number of sulfone groups is 1. The van der Waals surface area contributed by atoms with Crippen LogP contribution in [0.25, 0.3) is 0 Å².